The van der Waals surface area contributed by atoms with E-state index in [0.29, 0.717) is 6.04 Å². The quantitative estimate of drug-likeness (QED) is 0.623. The molecule has 1 fully saturated rings. The van der Waals surface area contributed by atoms with E-state index in [4.69, 9.17) is 5.26 Å². The van der Waals surface area contributed by atoms with Crippen molar-refractivity contribution in [2.75, 3.05) is 5.32 Å². The fourth-order valence-corrected chi connectivity index (χ4v) is 1.62. The summed E-state index contributed by atoms with van der Waals surface area (Å²) in [5.74, 6) is 0. The normalized spacial score (nSPS) is 13.9. The van der Waals surface area contributed by atoms with Crippen molar-refractivity contribution >= 4 is 23.5 Å². The minimum atomic E-state index is -0.164. The van der Waals surface area contributed by atoms with Gasteiger partial charge < -0.3 is 10.6 Å². The number of anilines is 1. The first kappa shape index (κ1) is 10.8. The largest absolute Gasteiger partial charge is 0.335 e. The summed E-state index contributed by atoms with van der Waals surface area (Å²) in [5.41, 5.74) is 0.737. The number of carbonyl (C=O) groups excluding carboxylic acids is 1. The van der Waals surface area contributed by atoms with E-state index in [1.54, 1.807) is 24.3 Å². The molecule has 0 bridgehead atoms. The van der Waals surface area contributed by atoms with Crippen LogP contribution in [0.25, 0.3) is 0 Å². The van der Waals surface area contributed by atoms with E-state index in [9.17, 15) is 4.79 Å². The van der Waals surface area contributed by atoms with Crippen molar-refractivity contribution in [1.29, 1.82) is 5.26 Å². The summed E-state index contributed by atoms with van der Waals surface area (Å²) in [6.07, 6.45) is 2.15. The van der Waals surface area contributed by atoms with E-state index in [-0.39, 0.29) is 6.03 Å². The van der Waals surface area contributed by atoms with Crippen LogP contribution in [0, 0.1) is 10.7 Å². The van der Waals surface area contributed by atoms with Gasteiger partial charge in [0.1, 0.15) is 5.40 Å². The molecule has 1 aromatic carbocycles. The fourth-order valence-electron chi connectivity index (χ4n) is 1.24. The average Bonchev–Trinajstić information content (AvgIpc) is 3.05. The second-order valence-electron chi connectivity index (χ2n) is 3.59. The second kappa shape index (κ2) is 4.90. The summed E-state index contributed by atoms with van der Waals surface area (Å²) in [5, 5.41) is 16.0. The smallest absolute Gasteiger partial charge is 0.319 e. The van der Waals surface area contributed by atoms with Crippen LogP contribution in [0.1, 0.15) is 12.8 Å². The zero-order chi connectivity index (χ0) is 11.4. The van der Waals surface area contributed by atoms with Gasteiger partial charge in [0.15, 0.2) is 0 Å². The van der Waals surface area contributed by atoms with Gasteiger partial charge in [0, 0.05) is 16.6 Å². The zero-order valence-electron chi connectivity index (χ0n) is 8.56. The molecule has 2 rings (SSSR count). The molecular weight excluding hydrogens is 222 g/mol. The SMILES string of the molecule is N#CSc1ccc(NC(=O)NC2CC2)cc1. The van der Waals surface area contributed by atoms with Crippen LogP contribution in [-0.4, -0.2) is 12.1 Å². The first-order valence-electron chi connectivity index (χ1n) is 5.01. The lowest BCUT2D eigenvalue weighted by Gasteiger charge is -2.06. The highest BCUT2D eigenvalue weighted by Gasteiger charge is 2.22. The van der Waals surface area contributed by atoms with Gasteiger partial charge in [0.05, 0.1) is 0 Å². The number of hydrogen-bond acceptors (Lipinski definition) is 3. The summed E-state index contributed by atoms with van der Waals surface area (Å²) in [4.78, 5) is 12.3. The van der Waals surface area contributed by atoms with E-state index < -0.39 is 0 Å². The van der Waals surface area contributed by atoms with Gasteiger partial charge in [0.25, 0.3) is 0 Å². The van der Waals surface area contributed by atoms with Crippen LogP contribution in [0.15, 0.2) is 29.2 Å². The predicted octanol–water partition coefficient (Wildman–Crippen LogP) is 2.54. The first-order valence-corrected chi connectivity index (χ1v) is 5.83. The van der Waals surface area contributed by atoms with Gasteiger partial charge in [-0.15, -0.1) is 0 Å². The number of urea groups is 1. The number of amides is 2. The van der Waals surface area contributed by atoms with E-state index in [1.165, 1.54) is 0 Å². The molecule has 0 unspecified atom stereocenters. The Morgan fingerprint density at radius 3 is 2.62 bits per heavy atom. The van der Waals surface area contributed by atoms with E-state index in [0.717, 1.165) is 35.2 Å². The van der Waals surface area contributed by atoms with E-state index in [1.807, 2.05) is 5.40 Å². The van der Waals surface area contributed by atoms with Crippen LogP contribution in [0.3, 0.4) is 0 Å². The highest BCUT2D eigenvalue weighted by Crippen LogP contribution is 2.20. The van der Waals surface area contributed by atoms with Gasteiger partial charge >= 0.3 is 6.03 Å². The zero-order valence-corrected chi connectivity index (χ0v) is 9.38. The first-order chi connectivity index (χ1) is 7.78. The Labute approximate surface area is 98.0 Å². The van der Waals surface area contributed by atoms with Gasteiger partial charge in [-0.05, 0) is 48.9 Å². The number of thiocyanates is 1. The van der Waals surface area contributed by atoms with Crippen LogP contribution in [-0.2, 0) is 0 Å². The van der Waals surface area contributed by atoms with Crippen molar-refractivity contribution in [2.45, 2.75) is 23.8 Å². The predicted molar refractivity (Wildman–Crippen MR) is 63.1 cm³/mol. The third kappa shape index (κ3) is 3.17. The number of nitrogens with zero attached hydrogens (tertiary/aromatic N) is 1. The topological polar surface area (TPSA) is 64.9 Å². The molecule has 1 aliphatic carbocycles. The molecular formula is C11H11N3OS. The molecule has 1 aromatic rings. The van der Waals surface area contributed by atoms with Crippen molar-refractivity contribution < 1.29 is 4.79 Å². The minimum Gasteiger partial charge on any atom is -0.335 e. The molecule has 0 aromatic heterocycles. The third-order valence-electron chi connectivity index (χ3n) is 2.19. The van der Waals surface area contributed by atoms with Gasteiger partial charge in [-0.3, -0.25) is 0 Å². The fraction of sp³-hybridized carbons (Fsp3) is 0.273. The van der Waals surface area contributed by atoms with Gasteiger partial charge in [-0.2, -0.15) is 5.26 Å². The number of carbonyl (C=O) groups is 1. The Kier molecular flexibility index (Phi) is 3.32. The third-order valence-corrected chi connectivity index (χ3v) is 2.79. The Balaban J connectivity index is 1.88. The van der Waals surface area contributed by atoms with Gasteiger partial charge in [0.2, 0.25) is 0 Å². The van der Waals surface area contributed by atoms with Crippen molar-refractivity contribution in [2.24, 2.45) is 0 Å². The Hall–Kier alpha value is -1.67. The molecule has 82 valence electrons. The average molecular weight is 233 g/mol. The Bertz CT molecular complexity index is 420. The maximum absolute atomic E-state index is 11.4. The van der Waals surface area contributed by atoms with Gasteiger partial charge in [-0.1, -0.05) is 0 Å². The summed E-state index contributed by atoms with van der Waals surface area (Å²) < 4.78 is 0. The molecule has 4 nitrogen and oxygen atoms in total. The highest BCUT2D eigenvalue weighted by molar-refractivity contribution is 8.03. The van der Waals surface area contributed by atoms with Crippen LogP contribution >= 0.6 is 11.8 Å². The van der Waals surface area contributed by atoms with Crippen LogP contribution in [0.2, 0.25) is 0 Å². The molecule has 1 saturated carbocycles. The number of rotatable bonds is 3. The van der Waals surface area contributed by atoms with Crippen molar-refractivity contribution in [3.63, 3.8) is 0 Å². The molecule has 16 heavy (non-hydrogen) atoms. The van der Waals surface area contributed by atoms with E-state index >= 15 is 0 Å². The molecule has 0 heterocycles. The number of benzene rings is 1. The lowest BCUT2D eigenvalue weighted by molar-refractivity contribution is 0.251. The van der Waals surface area contributed by atoms with Gasteiger partial charge in [-0.25, -0.2) is 4.79 Å². The monoisotopic (exact) mass is 233 g/mol. The second-order valence-corrected chi connectivity index (χ2v) is 4.45. The highest BCUT2D eigenvalue weighted by atomic mass is 32.2. The van der Waals surface area contributed by atoms with E-state index in [2.05, 4.69) is 10.6 Å². The Morgan fingerprint density at radius 2 is 2.06 bits per heavy atom. The molecule has 2 amide bonds. The standard InChI is InChI=1S/C11H11N3OS/c12-7-16-10-5-3-9(4-6-10)14-11(15)13-8-1-2-8/h3-6,8H,1-2H2,(H2,13,14,15). The van der Waals surface area contributed by atoms with Crippen LogP contribution in [0.5, 0.6) is 0 Å². The molecule has 1 aliphatic rings. The number of nitrogens with one attached hydrogen (secondary N) is 2. The summed E-state index contributed by atoms with van der Waals surface area (Å²) in [7, 11) is 0. The van der Waals surface area contributed by atoms with Crippen molar-refractivity contribution in [3.8, 4) is 5.40 Å². The summed E-state index contributed by atoms with van der Waals surface area (Å²) >= 11 is 1.10. The Morgan fingerprint density at radius 1 is 1.38 bits per heavy atom. The van der Waals surface area contributed by atoms with Crippen LogP contribution in [0.4, 0.5) is 10.5 Å². The minimum absolute atomic E-state index is 0.164. The maximum Gasteiger partial charge on any atom is 0.319 e. The lowest BCUT2D eigenvalue weighted by atomic mass is 10.3. The summed E-state index contributed by atoms with van der Waals surface area (Å²) in [6, 6.07) is 7.37. The molecule has 0 aliphatic heterocycles. The number of thioether (sulfide) groups is 1. The summed E-state index contributed by atoms with van der Waals surface area (Å²) in [6.45, 7) is 0. The molecule has 0 spiro atoms. The molecule has 5 heteroatoms. The molecule has 2 N–H and O–H groups in total. The molecule has 0 atom stereocenters. The number of hydrogen-bond donors (Lipinski definition) is 2. The maximum atomic E-state index is 11.4. The van der Waals surface area contributed by atoms with Crippen LogP contribution < -0.4 is 10.6 Å². The molecule has 0 saturated heterocycles. The van der Waals surface area contributed by atoms with Crippen molar-refractivity contribution in [1.82, 2.24) is 5.32 Å². The van der Waals surface area contributed by atoms with Crippen molar-refractivity contribution in [3.05, 3.63) is 24.3 Å². The lowest BCUT2D eigenvalue weighted by Crippen LogP contribution is -2.30. The number of nitriles is 1. The molecule has 0 radical (unpaired) electrons.